The van der Waals surface area contributed by atoms with Crippen molar-refractivity contribution < 1.29 is 9.47 Å². The van der Waals surface area contributed by atoms with Gasteiger partial charge in [-0.05, 0) is 25.0 Å². The number of fused-ring (bicyclic) bond motifs is 2. The Labute approximate surface area is 144 Å². The van der Waals surface area contributed by atoms with E-state index in [0.717, 1.165) is 12.8 Å². The molecular formula is C18H15N5O2. The van der Waals surface area contributed by atoms with Crippen molar-refractivity contribution in [3.8, 4) is 18.2 Å². The van der Waals surface area contributed by atoms with Crippen molar-refractivity contribution >= 4 is 5.90 Å². The van der Waals surface area contributed by atoms with E-state index in [2.05, 4.69) is 23.2 Å². The average molecular weight is 333 g/mol. The summed E-state index contributed by atoms with van der Waals surface area (Å²) < 4.78 is 12.0. The smallest absolute Gasteiger partial charge is 0.218 e. The molecule has 0 amide bonds. The van der Waals surface area contributed by atoms with Gasteiger partial charge in [-0.25, -0.2) is 0 Å². The lowest BCUT2D eigenvalue weighted by Crippen LogP contribution is -2.73. The number of ether oxygens (including phenoxy) is 2. The van der Waals surface area contributed by atoms with Crippen molar-refractivity contribution in [2.45, 2.75) is 37.6 Å². The first-order valence-electron chi connectivity index (χ1n) is 8.21. The lowest BCUT2D eigenvalue weighted by molar-refractivity contribution is -0.361. The van der Waals surface area contributed by atoms with Crippen LogP contribution in [0.2, 0.25) is 0 Å². The summed E-state index contributed by atoms with van der Waals surface area (Å²) >= 11 is 0. The summed E-state index contributed by atoms with van der Waals surface area (Å²) in [5, 5.41) is 38.6. The van der Waals surface area contributed by atoms with Gasteiger partial charge >= 0.3 is 0 Å². The van der Waals surface area contributed by atoms with E-state index in [9.17, 15) is 15.8 Å². The maximum atomic E-state index is 10.1. The molecule has 25 heavy (non-hydrogen) atoms. The molecule has 1 aliphatic carbocycles. The van der Waals surface area contributed by atoms with E-state index < -0.39 is 28.6 Å². The molecule has 1 N–H and O–H groups in total. The second kappa shape index (κ2) is 5.02. The molecule has 1 spiro atoms. The number of aromatic nitrogens is 1. The molecule has 4 fully saturated rings. The molecule has 0 unspecified atom stereocenters. The molecule has 5 rings (SSSR count). The summed E-state index contributed by atoms with van der Waals surface area (Å²) in [7, 11) is 0. The summed E-state index contributed by atoms with van der Waals surface area (Å²) in [4.78, 5) is 4.27. The summed E-state index contributed by atoms with van der Waals surface area (Å²) in [5.41, 5.74) is -3.12. The van der Waals surface area contributed by atoms with Gasteiger partial charge in [-0.3, -0.25) is 10.4 Å². The third kappa shape index (κ3) is 1.60. The van der Waals surface area contributed by atoms with Gasteiger partial charge in [0.25, 0.3) is 0 Å². The normalized spacial score (nSPS) is 37.7. The maximum Gasteiger partial charge on any atom is 0.218 e. The highest BCUT2D eigenvalue weighted by atomic mass is 16.7. The fourth-order valence-corrected chi connectivity index (χ4v) is 4.64. The van der Waals surface area contributed by atoms with E-state index in [1.54, 1.807) is 24.4 Å². The van der Waals surface area contributed by atoms with Gasteiger partial charge in [0, 0.05) is 12.6 Å². The quantitative estimate of drug-likeness (QED) is 0.841. The average Bonchev–Trinajstić information content (AvgIpc) is 2.66. The Bertz CT molecular complexity index is 850. The molecule has 2 bridgehead atoms. The Morgan fingerprint density at radius 1 is 1.16 bits per heavy atom. The molecule has 1 aromatic heterocycles. The van der Waals surface area contributed by atoms with Crippen molar-refractivity contribution in [2.24, 2.45) is 16.7 Å². The van der Waals surface area contributed by atoms with Crippen LogP contribution in [0, 0.1) is 56.2 Å². The lowest BCUT2D eigenvalue weighted by atomic mass is 9.48. The minimum absolute atomic E-state index is 0.363. The first-order valence-corrected chi connectivity index (χ1v) is 8.21. The Hall–Kier alpha value is -2.95. The lowest BCUT2D eigenvalue weighted by Gasteiger charge is -2.63. The third-order valence-electron chi connectivity index (χ3n) is 5.77. The number of rotatable bonds is 1. The largest absolute Gasteiger partial charge is 0.447 e. The zero-order valence-electron chi connectivity index (χ0n) is 13.4. The summed E-state index contributed by atoms with van der Waals surface area (Å²) in [6, 6.07) is 11.4. The highest BCUT2D eigenvalue weighted by Crippen LogP contribution is 2.69. The highest BCUT2D eigenvalue weighted by Gasteiger charge is 2.80. The van der Waals surface area contributed by atoms with Gasteiger partial charge < -0.3 is 9.47 Å². The minimum atomic E-state index is -1.84. The molecule has 1 saturated carbocycles. The molecule has 0 radical (unpaired) electrons. The molecular weight excluding hydrogens is 318 g/mol. The molecule has 124 valence electrons. The van der Waals surface area contributed by atoms with Gasteiger partial charge in [-0.15, -0.1) is 0 Å². The number of nitriles is 3. The second-order valence-corrected chi connectivity index (χ2v) is 6.75. The monoisotopic (exact) mass is 333 g/mol. The van der Waals surface area contributed by atoms with Crippen LogP contribution in [0.15, 0.2) is 24.4 Å². The van der Waals surface area contributed by atoms with Crippen molar-refractivity contribution in [1.29, 1.82) is 21.2 Å². The van der Waals surface area contributed by atoms with Crippen molar-refractivity contribution in [3.63, 3.8) is 0 Å². The van der Waals surface area contributed by atoms with Crippen molar-refractivity contribution in [3.05, 3.63) is 30.1 Å². The SMILES string of the molecule is N#CC1(C#N)[C@@H]2CCCC[C@@]23OC(=N)[C@@]1(C#N)[C@@H](c1ccccn1)O3. The highest BCUT2D eigenvalue weighted by molar-refractivity contribution is 5.88. The van der Waals surface area contributed by atoms with Crippen LogP contribution >= 0.6 is 0 Å². The minimum Gasteiger partial charge on any atom is -0.447 e. The maximum absolute atomic E-state index is 10.1. The number of pyridine rings is 1. The summed E-state index contributed by atoms with van der Waals surface area (Å²) in [5.74, 6) is -2.16. The van der Waals surface area contributed by atoms with Crippen LogP contribution in [0.3, 0.4) is 0 Å². The van der Waals surface area contributed by atoms with E-state index in [0.29, 0.717) is 18.5 Å². The van der Waals surface area contributed by atoms with Gasteiger partial charge in [-0.2, -0.15) is 15.8 Å². The standard InChI is InChI=1S/C18H15N5O2/c19-9-16(10-20)13-6-1-3-7-18(13)24-14(12-5-2-4-8-23-12)17(16,11-21)15(22)25-18/h2,4-5,8,13-14,22H,1,3,6-7H2/t13-,14+,17+,18+/m0/s1. The van der Waals surface area contributed by atoms with Crippen LogP contribution < -0.4 is 0 Å². The van der Waals surface area contributed by atoms with Gasteiger partial charge in [0.2, 0.25) is 11.7 Å². The molecule has 1 aromatic rings. The fourth-order valence-electron chi connectivity index (χ4n) is 4.64. The molecule has 3 aliphatic heterocycles. The number of hydrogen-bond donors (Lipinski definition) is 1. The van der Waals surface area contributed by atoms with Gasteiger partial charge in [-0.1, -0.05) is 12.5 Å². The first kappa shape index (κ1) is 15.6. The Morgan fingerprint density at radius 2 is 1.96 bits per heavy atom. The van der Waals surface area contributed by atoms with Gasteiger partial charge in [0.15, 0.2) is 10.8 Å². The number of nitrogens with one attached hydrogen (secondary N) is 1. The molecule has 7 nitrogen and oxygen atoms in total. The first-order chi connectivity index (χ1) is 12.1. The van der Waals surface area contributed by atoms with Crippen molar-refractivity contribution in [2.75, 3.05) is 0 Å². The molecule has 4 heterocycles. The predicted molar refractivity (Wildman–Crippen MR) is 83.3 cm³/mol. The summed E-state index contributed by atoms with van der Waals surface area (Å²) in [6.45, 7) is 0. The molecule has 4 atom stereocenters. The third-order valence-corrected chi connectivity index (χ3v) is 5.77. The van der Waals surface area contributed by atoms with Crippen LogP contribution in [-0.4, -0.2) is 16.7 Å². The number of hydrogen-bond acceptors (Lipinski definition) is 7. The molecule has 4 aliphatic rings. The van der Waals surface area contributed by atoms with Gasteiger partial charge in [0.05, 0.1) is 29.8 Å². The fraction of sp³-hybridized carbons (Fsp3) is 0.500. The van der Waals surface area contributed by atoms with E-state index >= 15 is 0 Å². The second-order valence-electron chi connectivity index (χ2n) is 6.75. The molecule has 7 heteroatoms. The zero-order chi connectivity index (χ0) is 17.7. The Morgan fingerprint density at radius 3 is 2.60 bits per heavy atom. The van der Waals surface area contributed by atoms with Crippen LogP contribution in [-0.2, 0) is 9.47 Å². The van der Waals surface area contributed by atoms with E-state index in [4.69, 9.17) is 14.9 Å². The molecule has 3 saturated heterocycles. The predicted octanol–water partition coefficient (Wildman–Crippen LogP) is 2.59. The van der Waals surface area contributed by atoms with Gasteiger partial charge in [0.1, 0.15) is 6.10 Å². The van der Waals surface area contributed by atoms with Crippen molar-refractivity contribution in [1.82, 2.24) is 4.98 Å². The van der Waals surface area contributed by atoms with Crippen LogP contribution in [0.4, 0.5) is 0 Å². The summed E-state index contributed by atoms with van der Waals surface area (Å²) in [6.07, 6.45) is 3.24. The Balaban J connectivity index is 2.02. The topological polar surface area (TPSA) is 127 Å². The molecule has 0 aromatic carbocycles. The zero-order valence-corrected chi connectivity index (χ0v) is 13.4. The van der Waals surface area contributed by atoms with Crippen LogP contribution in [0.25, 0.3) is 0 Å². The van der Waals surface area contributed by atoms with Crippen LogP contribution in [0.5, 0.6) is 0 Å². The number of nitrogens with zero attached hydrogens (tertiary/aromatic N) is 4. The van der Waals surface area contributed by atoms with E-state index in [-0.39, 0.29) is 5.90 Å². The Kier molecular flexibility index (Phi) is 3.13. The van der Waals surface area contributed by atoms with E-state index in [1.807, 2.05) is 0 Å². The van der Waals surface area contributed by atoms with E-state index in [1.165, 1.54) is 0 Å². The van der Waals surface area contributed by atoms with Crippen LogP contribution in [0.1, 0.15) is 37.5 Å².